The van der Waals surface area contributed by atoms with Crippen LogP contribution < -0.4 is 14.8 Å². The van der Waals surface area contributed by atoms with Gasteiger partial charge in [0.1, 0.15) is 21.4 Å². The van der Waals surface area contributed by atoms with Crippen molar-refractivity contribution in [2.75, 3.05) is 26.1 Å². The van der Waals surface area contributed by atoms with E-state index in [9.17, 15) is 9.59 Å². The zero-order valence-electron chi connectivity index (χ0n) is 15.2. The molecular weight excluding hydrogens is 461 g/mol. The van der Waals surface area contributed by atoms with Crippen LogP contribution >= 0.6 is 46.1 Å². The average molecular weight is 475 g/mol. The number of fused-ring (bicyclic) bond motifs is 1. The van der Waals surface area contributed by atoms with Crippen molar-refractivity contribution in [3.05, 3.63) is 50.3 Å². The molecule has 1 heterocycles. The maximum Gasteiger partial charge on any atom is 0.350 e. The first-order valence-corrected chi connectivity index (χ1v) is 10.1. The number of benzene rings is 2. The molecule has 6 nitrogen and oxygen atoms in total. The molecule has 0 atom stereocenters. The van der Waals surface area contributed by atoms with E-state index in [2.05, 4.69) is 5.32 Å². The number of hydrogen-bond acceptors (Lipinski definition) is 6. The van der Waals surface area contributed by atoms with Gasteiger partial charge in [0.25, 0.3) is 5.91 Å². The van der Waals surface area contributed by atoms with Crippen LogP contribution in [0.3, 0.4) is 0 Å². The molecule has 0 bridgehead atoms. The van der Waals surface area contributed by atoms with Crippen LogP contribution in [-0.4, -0.2) is 32.7 Å². The monoisotopic (exact) mass is 473 g/mol. The quantitative estimate of drug-likeness (QED) is 0.466. The van der Waals surface area contributed by atoms with Gasteiger partial charge in [-0.3, -0.25) is 4.79 Å². The number of ether oxygens (including phenoxy) is 3. The maximum absolute atomic E-state index is 12.4. The second-order valence-corrected chi connectivity index (χ2v) is 7.89. The van der Waals surface area contributed by atoms with Gasteiger partial charge in [-0.2, -0.15) is 0 Å². The van der Waals surface area contributed by atoms with E-state index >= 15 is 0 Å². The fourth-order valence-corrected chi connectivity index (χ4v) is 4.48. The van der Waals surface area contributed by atoms with Gasteiger partial charge < -0.3 is 19.5 Å². The highest BCUT2D eigenvalue weighted by atomic mass is 35.5. The molecule has 0 saturated carbocycles. The molecule has 29 heavy (non-hydrogen) atoms. The van der Waals surface area contributed by atoms with Gasteiger partial charge in [0.15, 0.2) is 6.61 Å². The van der Waals surface area contributed by atoms with Crippen LogP contribution in [0.5, 0.6) is 11.5 Å². The molecular formula is C19H14Cl3NO5S. The largest absolute Gasteiger partial charge is 0.495 e. The molecule has 0 aliphatic carbocycles. The van der Waals surface area contributed by atoms with E-state index < -0.39 is 18.5 Å². The summed E-state index contributed by atoms with van der Waals surface area (Å²) in [6.45, 7) is -0.518. The summed E-state index contributed by atoms with van der Waals surface area (Å²) in [7, 11) is 2.95. The number of amides is 1. The van der Waals surface area contributed by atoms with Crippen molar-refractivity contribution in [1.29, 1.82) is 0 Å². The number of nitrogens with one attached hydrogen (secondary N) is 1. The molecule has 0 spiro atoms. The van der Waals surface area contributed by atoms with Crippen molar-refractivity contribution in [3.63, 3.8) is 0 Å². The average Bonchev–Trinajstić information content (AvgIpc) is 3.04. The molecule has 0 fully saturated rings. The van der Waals surface area contributed by atoms with Crippen molar-refractivity contribution >= 4 is 73.8 Å². The predicted molar refractivity (Wildman–Crippen MR) is 115 cm³/mol. The number of anilines is 1. The summed E-state index contributed by atoms with van der Waals surface area (Å²) in [6, 6.07) is 8.12. The first kappa shape index (κ1) is 21.5. The first-order valence-electron chi connectivity index (χ1n) is 8.10. The first-order chi connectivity index (χ1) is 13.8. The van der Waals surface area contributed by atoms with Crippen LogP contribution in [0.1, 0.15) is 9.67 Å². The molecule has 0 aliphatic rings. The van der Waals surface area contributed by atoms with Crippen LogP contribution in [0.2, 0.25) is 15.1 Å². The number of halogens is 3. The third-order valence-corrected chi connectivity index (χ3v) is 6.31. The number of carbonyl (C=O) groups is 2. The maximum atomic E-state index is 12.4. The molecule has 0 unspecified atom stereocenters. The lowest BCUT2D eigenvalue weighted by Crippen LogP contribution is -2.21. The van der Waals surface area contributed by atoms with Crippen molar-refractivity contribution in [2.24, 2.45) is 0 Å². The molecule has 0 aliphatic heterocycles. The van der Waals surface area contributed by atoms with Crippen LogP contribution in [-0.2, 0) is 9.53 Å². The SMILES string of the molecule is COc1ccc(Cl)cc1NC(=O)COC(=O)c1sc2c(Cl)c(OC)ccc2c1Cl. The zero-order valence-corrected chi connectivity index (χ0v) is 18.3. The highest BCUT2D eigenvalue weighted by Crippen LogP contribution is 2.43. The van der Waals surface area contributed by atoms with Gasteiger partial charge >= 0.3 is 5.97 Å². The standard InChI is InChI=1S/C19H14Cl3NO5S/c1-26-12-5-3-9(20)7-11(12)23-14(24)8-28-19(25)18-15(21)10-4-6-13(27-2)16(22)17(10)29-18/h3-7H,8H2,1-2H3,(H,23,24). The molecule has 0 radical (unpaired) electrons. The molecule has 2 aromatic carbocycles. The Morgan fingerprint density at radius 1 is 1.00 bits per heavy atom. The predicted octanol–water partition coefficient (Wildman–Crippen LogP) is 5.67. The molecule has 1 amide bonds. The van der Waals surface area contributed by atoms with Gasteiger partial charge in [0.05, 0.1) is 29.6 Å². The molecule has 10 heteroatoms. The molecule has 1 N–H and O–H groups in total. The van der Waals surface area contributed by atoms with Gasteiger partial charge in [-0.05, 0) is 30.3 Å². The Morgan fingerprint density at radius 2 is 1.69 bits per heavy atom. The molecule has 0 saturated heterocycles. The third-order valence-electron chi connectivity index (χ3n) is 3.88. The Labute approximate surface area is 185 Å². The topological polar surface area (TPSA) is 73.9 Å². The second-order valence-electron chi connectivity index (χ2n) is 5.67. The van der Waals surface area contributed by atoms with Crippen LogP contribution in [0.15, 0.2) is 30.3 Å². The van der Waals surface area contributed by atoms with Crippen molar-refractivity contribution in [3.8, 4) is 11.5 Å². The van der Waals surface area contributed by atoms with E-state index in [4.69, 9.17) is 49.0 Å². The summed E-state index contributed by atoms with van der Waals surface area (Å²) >= 11 is 19.6. The highest BCUT2D eigenvalue weighted by Gasteiger charge is 2.22. The smallest absolute Gasteiger partial charge is 0.350 e. The Bertz CT molecular complexity index is 1100. The minimum atomic E-state index is -0.737. The lowest BCUT2D eigenvalue weighted by Gasteiger charge is -2.10. The lowest BCUT2D eigenvalue weighted by atomic mass is 10.2. The Hall–Kier alpha value is -2.19. The Morgan fingerprint density at radius 3 is 2.38 bits per heavy atom. The van der Waals surface area contributed by atoms with Gasteiger partial charge in [-0.25, -0.2) is 4.79 Å². The zero-order chi connectivity index (χ0) is 21.1. The van der Waals surface area contributed by atoms with Gasteiger partial charge in [0, 0.05) is 10.4 Å². The number of carbonyl (C=O) groups excluding carboxylic acids is 2. The van der Waals surface area contributed by atoms with Crippen molar-refractivity contribution < 1.29 is 23.8 Å². The van der Waals surface area contributed by atoms with E-state index in [0.29, 0.717) is 37.3 Å². The summed E-state index contributed by atoms with van der Waals surface area (Å²) in [5.41, 5.74) is 0.361. The van der Waals surface area contributed by atoms with Gasteiger partial charge in [-0.15, -0.1) is 11.3 Å². The van der Waals surface area contributed by atoms with Crippen molar-refractivity contribution in [1.82, 2.24) is 0 Å². The summed E-state index contributed by atoms with van der Waals surface area (Å²) in [5, 5.41) is 4.15. The fourth-order valence-electron chi connectivity index (χ4n) is 2.53. The molecule has 3 aromatic rings. The fraction of sp³-hybridized carbons (Fsp3) is 0.158. The number of esters is 1. The van der Waals surface area contributed by atoms with Crippen molar-refractivity contribution in [2.45, 2.75) is 0 Å². The van der Waals surface area contributed by atoms with E-state index in [1.807, 2.05) is 0 Å². The summed E-state index contributed by atoms with van der Waals surface area (Å²) in [4.78, 5) is 24.8. The molecule has 152 valence electrons. The van der Waals surface area contributed by atoms with E-state index in [1.165, 1.54) is 20.3 Å². The van der Waals surface area contributed by atoms with E-state index in [1.54, 1.807) is 24.3 Å². The minimum absolute atomic E-state index is 0.143. The highest BCUT2D eigenvalue weighted by molar-refractivity contribution is 7.22. The summed E-state index contributed by atoms with van der Waals surface area (Å²) in [6.07, 6.45) is 0. The van der Waals surface area contributed by atoms with Gasteiger partial charge in [-0.1, -0.05) is 34.8 Å². The Balaban J connectivity index is 1.72. The molecule has 3 rings (SSSR count). The number of methoxy groups -OCH3 is 2. The minimum Gasteiger partial charge on any atom is -0.495 e. The third kappa shape index (κ3) is 4.53. The summed E-state index contributed by atoms with van der Waals surface area (Å²) < 4.78 is 16.0. The van der Waals surface area contributed by atoms with E-state index in [-0.39, 0.29) is 9.90 Å². The van der Waals surface area contributed by atoms with Gasteiger partial charge in [0.2, 0.25) is 0 Å². The van der Waals surface area contributed by atoms with Crippen LogP contribution in [0.25, 0.3) is 10.1 Å². The van der Waals surface area contributed by atoms with Crippen LogP contribution in [0, 0.1) is 0 Å². The second kappa shape index (κ2) is 9.09. The van der Waals surface area contributed by atoms with Crippen LogP contribution in [0.4, 0.5) is 5.69 Å². The number of rotatable bonds is 6. The summed E-state index contributed by atoms with van der Waals surface area (Å²) in [5.74, 6) is -0.410. The Kier molecular flexibility index (Phi) is 6.74. The molecule has 1 aromatic heterocycles. The number of hydrogen-bond donors (Lipinski definition) is 1. The lowest BCUT2D eigenvalue weighted by molar-refractivity contribution is -0.119. The number of thiophene rings is 1. The van der Waals surface area contributed by atoms with E-state index in [0.717, 1.165) is 11.3 Å². The normalized spacial score (nSPS) is 10.7.